The van der Waals surface area contributed by atoms with Crippen LogP contribution in [0.5, 0.6) is 0 Å². The van der Waals surface area contributed by atoms with Gasteiger partial charge in [-0.15, -0.1) is 0 Å². The highest BCUT2D eigenvalue weighted by atomic mass is 15.2. The maximum absolute atomic E-state index is 5.63. The van der Waals surface area contributed by atoms with E-state index < -0.39 is 0 Å². The molecule has 0 aromatic carbocycles. The van der Waals surface area contributed by atoms with Gasteiger partial charge in [-0.2, -0.15) is 4.98 Å². The van der Waals surface area contributed by atoms with Crippen LogP contribution in [0.25, 0.3) is 0 Å². The van der Waals surface area contributed by atoms with E-state index >= 15 is 0 Å². The van der Waals surface area contributed by atoms with Crippen molar-refractivity contribution in [3.05, 3.63) is 11.8 Å². The molecule has 2 N–H and O–H groups in total. The van der Waals surface area contributed by atoms with Crippen LogP contribution in [0.15, 0.2) is 6.20 Å². The van der Waals surface area contributed by atoms with Crippen LogP contribution < -0.4 is 10.6 Å². The molecule has 4 nitrogen and oxygen atoms in total. The summed E-state index contributed by atoms with van der Waals surface area (Å²) in [4.78, 5) is 10.7. The second kappa shape index (κ2) is 4.04. The number of nitrogen functional groups attached to an aromatic ring is 1. The minimum Gasteiger partial charge on any atom is -0.368 e. The number of hydrogen-bond acceptors (Lipinski definition) is 4. The van der Waals surface area contributed by atoms with E-state index in [1.807, 2.05) is 13.1 Å². The molecule has 1 aliphatic heterocycles. The molecule has 0 saturated carbocycles. The van der Waals surface area contributed by atoms with Crippen LogP contribution in [0.3, 0.4) is 0 Å². The fourth-order valence-electron chi connectivity index (χ4n) is 2.28. The second-order valence-corrected chi connectivity index (χ2v) is 4.13. The summed E-state index contributed by atoms with van der Waals surface area (Å²) >= 11 is 0. The summed E-state index contributed by atoms with van der Waals surface area (Å²) in [6, 6.07) is 0.623. The van der Waals surface area contributed by atoms with Gasteiger partial charge in [0.05, 0.1) is 0 Å². The number of rotatable bonds is 2. The van der Waals surface area contributed by atoms with Gasteiger partial charge in [-0.25, -0.2) is 4.98 Å². The zero-order valence-corrected chi connectivity index (χ0v) is 9.40. The Morgan fingerprint density at radius 2 is 2.40 bits per heavy atom. The zero-order chi connectivity index (χ0) is 10.8. The van der Waals surface area contributed by atoms with Crippen molar-refractivity contribution in [1.29, 1.82) is 0 Å². The van der Waals surface area contributed by atoms with Crippen molar-refractivity contribution >= 4 is 11.8 Å². The maximum Gasteiger partial charge on any atom is 0.221 e. The molecule has 1 saturated heterocycles. The Morgan fingerprint density at radius 3 is 3.13 bits per heavy atom. The Kier molecular flexibility index (Phi) is 2.75. The molecule has 1 aliphatic rings. The normalized spacial score (nSPS) is 20.9. The molecule has 1 aromatic heterocycles. The number of anilines is 2. The van der Waals surface area contributed by atoms with Gasteiger partial charge in [-0.1, -0.05) is 6.92 Å². The summed E-state index contributed by atoms with van der Waals surface area (Å²) in [7, 11) is 0. The third-order valence-corrected chi connectivity index (χ3v) is 3.08. The van der Waals surface area contributed by atoms with E-state index in [1.165, 1.54) is 19.3 Å². The molecule has 1 atom stereocenters. The Balaban J connectivity index is 2.31. The second-order valence-electron chi connectivity index (χ2n) is 4.13. The lowest BCUT2D eigenvalue weighted by molar-refractivity contribution is 0.639. The van der Waals surface area contributed by atoms with Gasteiger partial charge >= 0.3 is 0 Å². The summed E-state index contributed by atoms with van der Waals surface area (Å²) in [5, 5.41) is 0. The van der Waals surface area contributed by atoms with Crippen molar-refractivity contribution in [2.45, 2.75) is 39.2 Å². The molecule has 0 bridgehead atoms. The first-order valence-corrected chi connectivity index (χ1v) is 5.58. The van der Waals surface area contributed by atoms with E-state index in [4.69, 9.17) is 5.73 Å². The Labute approximate surface area is 90.5 Å². The van der Waals surface area contributed by atoms with Crippen molar-refractivity contribution in [3.63, 3.8) is 0 Å². The molecule has 2 heterocycles. The smallest absolute Gasteiger partial charge is 0.221 e. The molecule has 0 amide bonds. The number of hydrogen-bond donors (Lipinski definition) is 1. The summed E-state index contributed by atoms with van der Waals surface area (Å²) in [5.74, 6) is 1.39. The van der Waals surface area contributed by atoms with Crippen LogP contribution in [0, 0.1) is 6.92 Å². The summed E-state index contributed by atoms with van der Waals surface area (Å²) in [6.07, 6.45) is 5.49. The van der Waals surface area contributed by atoms with Crippen molar-refractivity contribution in [2.75, 3.05) is 17.2 Å². The number of nitrogens with zero attached hydrogens (tertiary/aromatic N) is 3. The molecular weight excluding hydrogens is 188 g/mol. The molecule has 82 valence electrons. The predicted molar refractivity (Wildman–Crippen MR) is 61.8 cm³/mol. The van der Waals surface area contributed by atoms with Gasteiger partial charge < -0.3 is 10.6 Å². The fraction of sp³-hybridized carbons (Fsp3) is 0.636. The van der Waals surface area contributed by atoms with E-state index in [2.05, 4.69) is 21.8 Å². The molecule has 1 unspecified atom stereocenters. The third-order valence-electron chi connectivity index (χ3n) is 3.08. The number of aryl methyl sites for hydroxylation is 1. The standard InChI is InChI=1S/C11H18N4/c1-3-9-5-4-6-15(9)10-8(2)7-13-11(12)14-10/h7,9H,3-6H2,1-2H3,(H2,12,13,14). The van der Waals surface area contributed by atoms with E-state index in [0.717, 1.165) is 17.9 Å². The first kappa shape index (κ1) is 10.2. The van der Waals surface area contributed by atoms with Crippen molar-refractivity contribution < 1.29 is 0 Å². The lowest BCUT2D eigenvalue weighted by atomic mass is 10.1. The lowest BCUT2D eigenvalue weighted by Crippen LogP contribution is -2.30. The van der Waals surface area contributed by atoms with Crippen molar-refractivity contribution in [1.82, 2.24) is 9.97 Å². The highest BCUT2D eigenvalue weighted by molar-refractivity contribution is 5.49. The molecule has 0 aliphatic carbocycles. The van der Waals surface area contributed by atoms with Gasteiger partial charge in [0.2, 0.25) is 5.95 Å². The van der Waals surface area contributed by atoms with Crippen LogP contribution in [0.2, 0.25) is 0 Å². The van der Waals surface area contributed by atoms with Crippen molar-refractivity contribution in [3.8, 4) is 0 Å². The Hall–Kier alpha value is -1.32. The topological polar surface area (TPSA) is 55.0 Å². The molecule has 1 fully saturated rings. The Morgan fingerprint density at radius 1 is 1.60 bits per heavy atom. The molecule has 4 heteroatoms. The highest BCUT2D eigenvalue weighted by Gasteiger charge is 2.25. The van der Waals surface area contributed by atoms with Crippen LogP contribution in [-0.2, 0) is 0 Å². The summed E-state index contributed by atoms with van der Waals surface area (Å²) in [6.45, 7) is 5.36. The summed E-state index contributed by atoms with van der Waals surface area (Å²) < 4.78 is 0. The molecule has 0 spiro atoms. The highest BCUT2D eigenvalue weighted by Crippen LogP contribution is 2.27. The first-order chi connectivity index (χ1) is 7.22. The van der Waals surface area contributed by atoms with Crippen molar-refractivity contribution in [2.24, 2.45) is 0 Å². The van der Waals surface area contributed by atoms with E-state index in [0.29, 0.717) is 12.0 Å². The molecular formula is C11H18N4. The number of nitrogens with two attached hydrogens (primary N) is 1. The minimum absolute atomic E-state index is 0.373. The average Bonchev–Trinajstić information content (AvgIpc) is 2.69. The van der Waals surface area contributed by atoms with Crippen LogP contribution >= 0.6 is 0 Å². The fourth-order valence-corrected chi connectivity index (χ4v) is 2.28. The van der Waals surface area contributed by atoms with Crippen LogP contribution in [0.4, 0.5) is 11.8 Å². The van der Waals surface area contributed by atoms with Gasteiger partial charge in [0.25, 0.3) is 0 Å². The van der Waals surface area contributed by atoms with E-state index in [-0.39, 0.29) is 0 Å². The van der Waals surface area contributed by atoms with Gasteiger partial charge in [0.1, 0.15) is 5.82 Å². The zero-order valence-electron chi connectivity index (χ0n) is 9.40. The molecule has 1 aromatic rings. The van der Waals surface area contributed by atoms with E-state index in [1.54, 1.807) is 0 Å². The lowest BCUT2D eigenvalue weighted by Gasteiger charge is -2.26. The SMILES string of the molecule is CCC1CCCN1c1nc(N)ncc1C. The monoisotopic (exact) mass is 206 g/mol. The third kappa shape index (κ3) is 1.89. The number of aromatic nitrogens is 2. The van der Waals surface area contributed by atoms with Gasteiger partial charge in [0, 0.05) is 24.3 Å². The van der Waals surface area contributed by atoms with Gasteiger partial charge in [-0.05, 0) is 26.2 Å². The first-order valence-electron chi connectivity index (χ1n) is 5.58. The predicted octanol–water partition coefficient (Wildman–Crippen LogP) is 1.75. The maximum atomic E-state index is 5.63. The average molecular weight is 206 g/mol. The Bertz CT molecular complexity index is 350. The molecule has 0 radical (unpaired) electrons. The largest absolute Gasteiger partial charge is 0.368 e. The molecule has 15 heavy (non-hydrogen) atoms. The molecule has 2 rings (SSSR count). The van der Waals surface area contributed by atoms with Crippen LogP contribution in [0.1, 0.15) is 31.7 Å². The van der Waals surface area contributed by atoms with Crippen LogP contribution in [-0.4, -0.2) is 22.6 Å². The van der Waals surface area contributed by atoms with Gasteiger partial charge in [0.15, 0.2) is 0 Å². The quantitative estimate of drug-likeness (QED) is 0.801. The minimum atomic E-state index is 0.373. The summed E-state index contributed by atoms with van der Waals surface area (Å²) in [5.41, 5.74) is 6.75. The van der Waals surface area contributed by atoms with Gasteiger partial charge in [-0.3, -0.25) is 0 Å². The van der Waals surface area contributed by atoms with E-state index in [9.17, 15) is 0 Å².